The second kappa shape index (κ2) is 29.2. The lowest BCUT2D eigenvalue weighted by Gasteiger charge is -2.44. The maximum absolute atomic E-state index is 13.0. The molecule has 0 heterocycles. The predicted octanol–water partition coefficient (Wildman–Crippen LogP) is 5.39. The second-order valence-corrected chi connectivity index (χ2v) is 18.1. The van der Waals surface area contributed by atoms with Crippen molar-refractivity contribution in [2.45, 2.75) is 184 Å². The third-order valence-electron chi connectivity index (χ3n) is 9.22. The fourth-order valence-corrected chi connectivity index (χ4v) is 8.30. The third kappa shape index (κ3) is 26.0. The summed E-state index contributed by atoms with van der Waals surface area (Å²) < 4.78 is 65.0. The maximum Gasteiger partial charge on any atom is 0.472 e. The zero-order valence-corrected chi connectivity index (χ0v) is 35.7. The monoisotopic (exact) mass is 884 g/mol. The van der Waals surface area contributed by atoms with Gasteiger partial charge < -0.3 is 49.3 Å². The van der Waals surface area contributed by atoms with E-state index in [1.807, 2.05) is 6.08 Å². The lowest BCUT2D eigenvalue weighted by atomic mass is 9.85. The van der Waals surface area contributed by atoms with E-state index in [0.717, 1.165) is 83.5 Å². The summed E-state index contributed by atoms with van der Waals surface area (Å²) >= 11 is 0. The summed E-state index contributed by atoms with van der Waals surface area (Å²) in [5, 5.41) is 31.7. The van der Waals surface area contributed by atoms with Gasteiger partial charge in [0.25, 0.3) is 0 Å². The van der Waals surface area contributed by atoms with Crippen LogP contribution in [0.2, 0.25) is 0 Å². The molecule has 0 aromatic carbocycles. The minimum absolute atomic E-state index is 0.00352. The van der Waals surface area contributed by atoms with Crippen LogP contribution in [0.25, 0.3) is 0 Å². The highest BCUT2D eigenvalue weighted by atomic mass is 31.2. The average Bonchev–Trinajstić information content (AvgIpc) is 3.12. The van der Waals surface area contributed by atoms with Gasteiger partial charge in [-0.15, -0.1) is 6.58 Å². The van der Waals surface area contributed by atoms with Gasteiger partial charge in [-0.25, -0.2) is 13.7 Å². The number of esters is 2. The largest absolute Gasteiger partial charge is 0.472 e. The molecule has 1 saturated carbocycles. The highest BCUT2D eigenvalue weighted by Crippen LogP contribution is 2.51. The van der Waals surface area contributed by atoms with Gasteiger partial charge in [-0.2, -0.15) is 0 Å². The van der Waals surface area contributed by atoms with Gasteiger partial charge in [-0.3, -0.25) is 27.7 Å². The molecule has 1 rings (SSSR count). The van der Waals surface area contributed by atoms with Crippen molar-refractivity contribution in [1.29, 1.82) is 0 Å². The number of rotatable bonds is 34. The molecule has 0 saturated heterocycles. The number of carbonyl (C=O) groups is 2. The molecular weight excluding hydrogens is 817 g/mol. The fraction of sp³-hybridized carbons (Fsp3) is 0.886. The summed E-state index contributed by atoms with van der Waals surface area (Å²) in [6.45, 7) is 4.38. The number of allylic oxidation sites excluding steroid dienone is 1. The topological polar surface area (TPSA) is 303 Å². The molecule has 19 nitrogen and oxygen atoms in total. The van der Waals surface area contributed by atoms with Crippen LogP contribution in [-0.2, 0) is 50.9 Å². The normalized spacial score (nSPS) is 23.1. The van der Waals surface area contributed by atoms with E-state index in [0.29, 0.717) is 12.8 Å². The Kier molecular flexibility index (Phi) is 27.6. The predicted molar refractivity (Wildman–Crippen MR) is 206 cm³/mol. The smallest absolute Gasteiger partial charge is 0.462 e. The number of hydrogen-bond donors (Lipinski definition) is 8. The first-order chi connectivity index (χ1) is 26.8. The van der Waals surface area contributed by atoms with Crippen LogP contribution in [0.1, 0.15) is 142 Å². The number of carbonyl (C=O) groups excluding carboxylic acids is 2. The Labute approximate surface area is 335 Å². The zero-order valence-electron chi connectivity index (χ0n) is 33.0. The van der Waals surface area contributed by atoms with Crippen molar-refractivity contribution in [2.24, 2.45) is 0 Å². The Morgan fingerprint density at radius 1 is 0.579 bits per heavy atom. The lowest BCUT2D eigenvalue weighted by Crippen LogP contribution is -2.65. The first-order valence-electron chi connectivity index (χ1n) is 19.9. The molecule has 1 aliphatic rings. The van der Waals surface area contributed by atoms with Gasteiger partial charge in [-0.1, -0.05) is 109 Å². The van der Waals surface area contributed by atoms with Crippen molar-refractivity contribution in [2.75, 3.05) is 13.2 Å². The molecule has 0 aliphatic heterocycles. The third-order valence-corrected chi connectivity index (χ3v) is 11.2. The van der Waals surface area contributed by atoms with Crippen LogP contribution in [0.4, 0.5) is 0 Å². The van der Waals surface area contributed by atoms with E-state index >= 15 is 0 Å². The molecule has 22 heteroatoms. The molecule has 1 aliphatic carbocycles. The second-order valence-electron chi connectivity index (χ2n) is 14.3. The fourth-order valence-electron chi connectivity index (χ4n) is 6.21. The van der Waals surface area contributed by atoms with Crippen LogP contribution in [0.3, 0.4) is 0 Å². The lowest BCUT2D eigenvalue weighted by molar-refractivity contribution is -0.213. The van der Waals surface area contributed by atoms with E-state index in [1.165, 1.54) is 25.7 Å². The summed E-state index contributed by atoms with van der Waals surface area (Å²) in [4.78, 5) is 72.6. The average molecular weight is 885 g/mol. The van der Waals surface area contributed by atoms with Gasteiger partial charge in [0.2, 0.25) is 0 Å². The van der Waals surface area contributed by atoms with Crippen LogP contribution >= 0.6 is 23.5 Å². The minimum Gasteiger partial charge on any atom is -0.462 e. The van der Waals surface area contributed by atoms with Gasteiger partial charge in [0.15, 0.2) is 6.10 Å². The Balaban J connectivity index is 2.83. The number of aliphatic hydroxyl groups is 3. The Morgan fingerprint density at radius 3 is 1.47 bits per heavy atom. The Morgan fingerprint density at radius 2 is 1.00 bits per heavy atom. The molecule has 0 bridgehead atoms. The molecule has 0 radical (unpaired) electrons. The SMILES string of the molecule is C=CCCCCCCCCCCCCC(=O)O[C@H](COC(=O)CCCCCCCCCC)COP(=O)(O)O[C@@H]1[C@H](O)[C@H](O)[C@@H](OP(=O)(O)O)[C@H](OP(=O)(O)O)[C@H]1O. The van der Waals surface area contributed by atoms with Crippen LogP contribution in [0, 0.1) is 0 Å². The highest BCUT2D eigenvalue weighted by Gasteiger charge is 2.56. The number of unbranched alkanes of at least 4 members (excludes halogenated alkanes) is 17. The number of hydrogen-bond acceptors (Lipinski definition) is 14. The highest BCUT2D eigenvalue weighted by molar-refractivity contribution is 7.47. The Hall–Kier alpha value is -1.11. The van der Waals surface area contributed by atoms with Gasteiger partial charge in [0.05, 0.1) is 6.61 Å². The summed E-state index contributed by atoms with van der Waals surface area (Å²) in [6.07, 6.45) is 4.79. The van der Waals surface area contributed by atoms with Gasteiger partial charge >= 0.3 is 35.4 Å². The standard InChI is InChI=1S/C35H67O19P3/c1-3-5-7-9-11-13-14-15-16-18-20-22-24-29(37)51-27(25-49-28(36)23-21-19-17-12-10-8-6-4-2)26-50-57(47,48)54-33-30(38)31(39)34(52-55(41,42)43)35(32(33)40)53-56(44,45)46/h3,27,30-35,38-40H,1,4-26H2,2H3,(H,47,48)(H2,41,42,43)(H2,44,45,46)/t27-,30-,31+,32+,33-,34-,35-/m1/s1. The van der Waals surface area contributed by atoms with Crippen molar-refractivity contribution in [3.63, 3.8) is 0 Å². The van der Waals surface area contributed by atoms with E-state index in [-0.39, 0.29) is 12.8 Å². The van der Waals surface area contributed by atoms with E-state index < -0.39 is 91.3 Å². The quantitative estimate of drug-likeness (QED) is 0.0174. The molecule has 57 heavy (non-hydrogen) atoms. The number of phosphoric acid groups is 3. The van der Waals surface area contributed by atoms with Gasteiger partial charge in [0.1, 0.15) is 43.2 Å². The van der Waals surface area contributed by atoms with Gasteiger partial charge in [0, 0.05) is 12.8 Å². The molecule has 0 amide bonds. The molecule has 8 N–H and O–H groups in total. The molecule has 0 aromatic heterocycles. The molecule has 1 unspecified atom stereocenters. The summed E-state index contributed by atoms with van der Waals surface area (Å²) in [5.41, 5.74) is 0. The van der Waals surface area contributed by atoms with E-state index in [4.69, 9.17) is 18.5 Å². The molecule has 1 fully saturated rings. The van der Waals surface area contributed by atoms with Crippen molar-refractivity contribution in [3.8, 4) is 0 Å². The summed E-state index contributed by atoms with van der Waals surface area (Å²) in [5.74, 6) is -1.31. The van der Waals surface area contributed by atoms with E-state index in [2.05, 4.69) is 22.6 Å². The molecule has 8 atom stereocenters. The molecule has 0 spiro atoms. The van der Waals surface area contributed by atoms with Crippen LogP contribution in [0.5, 0.6) is 0 Å². The number of ether oxygens (including phenoxy) is 2. The van der Waals surface area contributed by atoms with Crippen molar-refractivity contribution in [3.05, 3.63) is 12.7 Å². The van der Waals surface area contributed by atoms with E-state index in [9.17, 15) is 63.1 Å². The summed E-state index contributed by atoms with van der Waals surface area (Å²) in [6, 6.07) is 0. The Bertz CT molecular complexity index is 1280. The van der Waals surface area contributed by atoms with Crippen molar-refractivity contribution >= 4 is 35.4 Å². The van der Waals surface area contributed by atoms with Crippen molar-refractivity contribution < 1.29 is 90.6 Å². The zero-order chi connectivity index (χ0) is 42.9. The maximum atomic E-state index is 13.0. The van der Waals surface area contributed by atoms with Gasteiger partial charge in [-0.05, 0) is 25.7 Å². The first-order valence-corrected chi connectivity index (χ1v) is 24.5. The molecule has 336 valence electrons. The van der Waals surface area contributed by atoms with Crippen LogP contribution in [-0.4, -0.2) is 108 Å². The van der Waals surface area contributed by atoms with E-state index in [1.54, 1.807) is 0 Å². The van der Waals surface area contributed by atoms with Crippen LogP contribution < -0.4 is 0 Å². The number of aliphatic hydroxyl groups excluding tert-OH is 3. The molecular formula is C35H67O19P3. The summed E-state index contributed by atoms with van der Waals surface area (Å²) in [7, 11) is -16.6. The van der Waals surface area contributed by atoms with Crippen molar-refractivity contribution in [1.82, 2.24) is 0 Å². The minimum atomic E-state index is -5.59. The number of phosphoric ester groups is 3. The van der Waals surface area contributed by atoms with Crippen LogP contribution in [0.15, 0.2) is 12.7 Å². The molecule has 0 aromatic rings. The first kappa shape index (κ1) is 53.9.